The Hall–Kier alpha value is -2.19. The van der Waals surface area contributed by atoms with Gasteiger partial charge in [-0.1, -0.05) is 6.07 Å². The minimum Gasteiger partial charge on any atom is -0.383 e. The van der Waals surface area contributed by atoms with E-state index in [-0.39, 0.29) is 17.4 Å². The van der Waals surface area contributed by atoms with E-state index in [1.807, 2.05) is 6.07 Å². The molecule has 0 heterocycles. The molecule has 1 aromatic carbocycles. The maximum absolute atomic E-state index is 13.2. The number of nitrogens with one attached hydrogen (secondary N) is 1. The summed E-state index contributed by atoms with van der Waals surface area (Å²) >= 11 is 0. The van der Waals surface area contributed by atoms with Crippen LogP contribution in [0, 0.1) is 24.1 Å². The molecular formula is C15H17FN2O2. The molecule has 1 rings (SSSR count). The van der Waals surface area contributed by atoms with Gasteiger partial charge in [-0.15, -0.1) is 0 Å². The van der Waals surface area contributed by atoms with E-state index in [9.17, 15) is 9.18 Å². The van der Waals surface area contributed by atoms with E-state index in [0.29, 0.717) is 17.7 Å². The summed E-state index contributed by atoms with van der Waals surface area (Å²) in [5.41, 5.74) is 1.04. The number of carbonyl (C=O) groups excluding carboxylic acids is 1. The number of amides is 1. The Balaban J connectivity index is 2.89. The topological polar surface area (TPSA) is 62.1 Å². The van der Waals surface area contributed by atoms with Gasteiger partial charge in [0, 0.05) is 13.2 Å². The number of methoxy groups -OCH3 is 1. The molecule has 5 heteroatoms. The summed E-state index contributed by atoms with van der Waals surface area (Å²) in [5, 5.41) is 11.7. The first kappa shape index (κ1) is 15.9. The van der Waals surface area contributed by atoms with Crippen molar-refractivity contribution in [1.82, 2.24) is 5.32 Å². The zero-order chi connectivity index (χ0) is 15.1. The summed E-state index contributed by atoms with van der Waals surface area (Å²) in [4.78, 5) is 11.9. The Labute approximate surface area is 117 Å². The van der Waals surface area contributed by atoms with Gasteiger partial charge < -0.3 is 10.1 Å². The molecule has 0 bridgehead atoms. The van der Waals surface area contributed by atoms with Crippen LogP contribution < -0.4 is 5.32 Å². The van der Waals surface area contributed by atoms with Crippen LogP contribution in [0.5, 0.6) is 0 Å². The fourth-order valence-electron chi connectivity index (χ4n) is 1.67. The molecule has 0 fully saturated rings. The van der Waals surface area contributed by atoms with Crippen LogP contribution in [0.2, 0.25) is 0 Å². The van der Waals surface area contributed by atoms with Crippen LogP contribution in [-0.4, -0.2) is 25.7 Å². The number of nitrogens with zero attached hydrogens (tertiary/aromatic N) is 1. The standard InChI is InChI=1S/C15H17FN2O2/c1-10-6-12(4-5-14(10)16)7-13(8-17)15(19)18-11(2)9-20-3/h4-7,11H,9H2,1-3H3,(H,18,19)/b13-7+/t11-/m1/s1. The maximum Gasteiger partial charge on any atom is 0.262 e. The number of hydrogen-bond donors (Lipinski definition) is 1. The zero-order valence-electron chi connectivity index (χ0n) is 11.7. The number of halogens is 1. The van der Waals surface area contributed by atoms with Gasteiger partial charge in [-0.2, -0.15) is 5.26 Å². The summed E-state index contributed by atoms with van der Waals surface area (Å²) in [6, 6.07) is 6.06. The van der Waals surface area contributed by atoms with E-state index in [2.05, 4.69) is 5.32 Å². The van der Waals surface area contributed by atoms with Crippen molar-refractivity contribution in [3.63, 3.8) is 0 Å². The molecule has 1 N–H and O–H groups in total. The number of benzene rings is 1. The molecule has 1 atom stereocenters. The van der Waals surface area contributed by atoms with Crippen LogP contribution in [0.3, 0.4) is 0 Å². The van der Waals surface area contributed by atoms with Crippen molar-refractivity contribution in [2.75, 3.05) is 13.7 Å². The fraction of sp³-hybridized carbons (Fsp3) is 0.333. The SMILES string of the molecule is COC[C@@H](C)NC(=O)/C(C#N)=C/c1ccc(F)c(C)c1. The van der Waals surface area contributed by atoms with Gasteiger partial charge in [0.05, 0.1) is 6.61 Å². The lowest BCUT2D eigenvalue weighted by Gasteiger charge is -2.12. The zero-order valence-corrected chi connectivity index (χ0v) is 11.7. The molecule has 20 heavy (non-hydrogen) atoms. The second-order valence-corrected chi connectivity index (χ2v) is 4.51. The normalized spacial score (nSPS) is 12.7. The van der Waals surface area contributed by atoms with Gasteiger partial charge in [0.1, 0.15) is 17.5 Å². The molecule has 0 aromatic heterocycles. The molecule has 0 aliphatic carbocycles. The highest BCUT2D eigenvalue weighted by molar-refractivity contribution is 6.01. The van der Waals surface area contributed by atoms with Crippen molar-refractivity contribution in [1.29, 1.82) is 5.26 Å². The minimum absolute atomic E-state index is 0.0287. The molecule has 1 amide bonds. The molecule has 0 unspecified atom stereocenters. The van der Waals surface area contributed by atoms with E-state index in [1.165, 1.54) is 25.3 Å². The monoisotopic (exact) mass is 276 g/mol. The second-order valence-electron chi connectivity index (χ2n) is 4.51. The first-order valence-electron chi connectivity index (χ1n) is 6.15. The Morgan fingerprint density at radius 2 is 2.30 bits per heavy atom. The molecule has 0 aliphatic rings. The lowest BCUT2D eigenvalue weighted by Crippen LogP contribution is -2.36. The average Bonchev–Trinajstić information content (AvgIpc) is 2.40. The fourth-order valence-corrected chi connectivity index (χ4v) is 1.67. The number of aryl methyl sites for hydroxylation is 1. The van der Waals surface area contributed by atoms with Gasteiger partial charge in [0.2, 0.25) is 0 Å². The van der Waals surface area contributed by atoms with Crippen LogP contribution >= 0.6 is 0 Å². The molecule has 106 valence electrons. The third-order valence-corrected chi connectivity index (χ3v) is 2.65. The highest BCUT2D eigenvalue weighted by atomic mass is 19.1. The predicted molar refractivity (Wildman–Crippen MR) is 74.2 cm³/mol. The van der Waals surface area contributed by atoms with Gasteiger partial charge in [0.15, 0.2) is 0 Å². The summed E-state index contributed by atoms with van der Waals surface area (Å²) in [7, 11) is 1.53. The molecule has 0 saturated heterocycles. The number of nitriles is 1. The lowest BCUT2D eigenvalue weighted by atomic mass is 10.1. The molecule has 1 aromatic rings. The van der Waals surface area contributed by atoms with E-state index in [4.69, 9.17) is 10.00 Å². The Kier molecular flexibility index (Phi) is 5.88. The van der Waals surface area contributed by atoms with E-state index >= 15 is 0 Å². The van der Waals surface area contributed by atoms with E-state index in [0.717, 1.165) is 0 Å². The van der Waals surface area contributed by atoms with Crippen LogP contribution in [0.15, 0.2) is 23.8 Å². The highest BCUT2D eigenvalue weighted by Gasteiger charge is 2.12. The van der Waals surface area contributed by atoms with Gasteiger partial charge in [-0.3, -0.25) is 4.79 Å². The van der Waals surface area contributed by atoms with Gasteiger partial charge in [0.25, 0.3) is 5.91 Å². The Bertz CT molecular complexity index is 561. The van der Waals surface area contributed by atoms with Crippen molar-refractivity contribution >= 4 is 12.0 Å². The number of rotatable bonds is 5. The molecule has 0 saturated carbocycles. The highest BCUT2D eigenvalue weighted by Crippen LogP contribution is 2.12. The number of ether oxygens (including phenoxy) is 1. The Morgan fingerprint density at radius 1 is 1.60 bits per heavy atom. The Morgan fingerprint density at radius 3 is 2.85 bits per heavy atom. The first-order valence-corrected chi connectivity index (χ1v) is 6.15. The molecule has 0 radical (unpaired) electrons. The summed E-state index contributed by atoms with van der Waals surface area (Å²) in [5.74, 6) is -0.794. The lowest BCUT2D eigenvalue weighted by molar-refractivity contribution is -0.117. The predicted octanol–water partition coefficient (Wildman–Crippen LogP) is 2.19. The van der Waals surface area contributed by atoms with E-state index in [1.54, 1.807) is 19.9 Å². The number of carbonyl (C=O) groups is 1. The first-order chi connectivity index (χ1) is 9.47. The van der Waals surface area contributed by atoms with Crippen LogP contribution in [0.4, 0.5) is 4.39 Å². The quantitative estimate of drug-likeness (QED) is 0.662. The van der Waals surface area contributed by atoms with Gasteiger partial charge >= 0.3 is 0 Å². The third-order valence-electron chi connectivity index (χ3n) is 2.65. The number of hydrogen-bond acceptors (Lipinski definition) is 3. The van der Waals surface area contributed by atoms with Crippen LogP contribution in [0.1, 0.15) is 18.1 Å². The molecule has 0 aliphatic heterocycles. The second kappa shape index (κ2) is 7.41. The van der Waals surface area contributed by atoms with Gasteiger partial charge in [-0.05, 0) is 43.2 Å². The molecular weight excluding hydrogens is 259 g/mol. The van der Waals surface area contributed by atoms with Crippen LogP contribution in [0.25, 0.3) is 6.08 Å². The smallest absolute Gasteiger partial charge is 0.262 e. The van der Waals surface area contributed by atoms with Crippen molar-refractivity contribution in [2.45, 2.75) is 19.9 Å². The minimum atomic E-state index is -0.473. The third kappa shape index (κ3) is 4.48. The van der Waals surface area contributed by atoms with Crippen molar-refractivity contribution < 1.29 is 13.9 Å². The van der Waals surface area contributed by atoms with Crippen LogP contribution in [-0.2, 0) is 9.53 Å². The average molecular weight is 276 g/mol. The molecule has 4 nitrogen and oxygen atoms in total. The van der Waals surface area contributed by atoms with Crippen molar-refractivity contribution in [3.05, 3.63) is 40.7 Å². The van der Waals surface area contributed by atoms with Crippen molar-refractivity contribution in [3.8, 4) is 6.07 Å². The maximum atomic E-state index is 13.2. The van der Waals surface area contributed by atoms with Gasteiger partial charge in [-0.25, -0.2) is 4.39 Å². The summed E-state index contributed by atoms with van der Waals surface area (Å²) in [6.07, 6.45) is 1.43. The molecule has 0 spiro atoms. The summed E-state index contributed by atoms with van der Waals surface area (Å²) in [6.45, 7) is 3.76. The van der Waals surface area contributed by atoms with Crippen molar-refractivity contribution in [2.24, 2.45) is 0 Å². The largest absolute Gasteiger partial charge is 0.383 e. The van der Waals surface area contributed by atoms with E-state index < -0.39 is 5.91 Å². The summed E-state index contributed by atoms with van der Waals surface area (Å²) < 4.78 is 18.1.